The molecule has 1 heteroatoms. The van der Waals surface area contributed by atoms with Crippen LogP contribution in [0.5, 0.6) is 0 Å². The van der Waals surface area contributed by atoms with Crippen LogP contribution in [0.4, 0.5) is 0 Å². The van der Waals surface area contributed by atoms with Gasteiger partial charge in [-0.05, 0) is 110 Å². The van der Waals surface area contributed by atoms with Crippen molar-refractivity contribution in [2.45, 2.75) is 13.1 Å². The zero-order valence-electron chi connectivity index (χ0n) is 27.7. The summed E-state index contributed by atoms with van der Waals surface area (Å²) in [4.78, 5) is 0. The predicted octanol–water partition coefficient (Wildman–Crippen LogP) is 12.1. The highest BCUT2D eigenvalue weighted by Crippen LogP contribution is 2.48. The molecule has 9 aromatic carbocycles. The quantitative estimate of drug-likeness (QED) is 0.103. The van der Waals surface area contributed by atoms with E-state index < -0.39 is 8.07 Å². The highest BCUT2D eigenvalue weighted by molar-refractivity contribution is 7.04. The van der Waals surface area contributed by atoms with Crippen molar-refractivity contribution < 1.29 is 0 Å². The first kappa shape index (κ1) is 28.3. The Bertz CT molecular complexity index is 2770. The first-order valence-electron chi connectivity index (χ1n) is 17.3. The van der Waals surface area contributed by atoms with E-state index in [4.69, 9.17) is 0 Å². The zero-order valence-corrected chi connectivity index (χ0v) is 28.7. The molecule has 1 aliphatic heterocycles. The maximum Gasteiger partial charge on any atom is 0.113 e. The Morgan fingerprint density at radius 2 is 0.857 bits per heavy atom. The molecule has 0 saturated heterocycles. The van der Waals surface area contributed by atoms with Gasteiger partial charge >= 0.3 is 0 Å². The second kappa shape index (κ2) is 10.6. The van der Waals surface area contributed by atoms with E-state index >= 15 is 0 Å². The lowest BCUT2D eigenvalue weighted by molar-refractivity contribution is 1.63. The number of rotatable bonds is 3. The van der Waals surface area contributed by atoms with Crippen LogP contribution in [0.2, 0.25) is 13.1 Å². The highest BCUT2D eigenvalue weighted by Gasteiger charge is 2.38. The summed E-state index contributed by atoms with van der Waals surface area (Å²) in [6.45, 7) is 5.08. The molecule has 1 heterocycles. The topological polar surface area (TPSA) is 0 Å². The summed E-state index contributed by atoms with van der Waals surface area (Å²) in [6, 6.07) is 63.6. The summed E-state index contributed by atoms with van der Waals surface area (Å²) < 4.78 is 0. The highest BCUT2D eigenvalue weighted by atomic mass is 28.3. The predicted molar refractivity (Wildman–Crippen MR) is 215 cm³/mol. The van der Waals surface area contributed by atoms with E-state index in [0.717, 1.165) is 0 Å². The van der Waals surface area contributed by atoms with Crippen LogP contribution in [-0.4, -0.2) is 8.07 Å². The maximum atomic E-state index is 2.60. The van der Waals surface area contributed by atoms with E-state index in [1.54, 1.807) is 0 Å². The molecule has 0 spiro atoms. The van der Waals surface area contributed by atoms with Gasteiger partial charge in [-0.2, -0.15) is 0 Å². The summed E-state index contributed by atoms with van der Waals surface area (Å²) in [7, 11) is -2.03. The molecule has 230 valence electrons. The normalized spacial score (nSPS) is 13.3. The Balaban J connectivity index is 1.37. The lowest BCUT2D eigenvalue weighted by Crippen LogP contribution is -2.49. The minimum absolute atomic E-state index is 1.26. The van der Waals surface area contributed by atoms with Crippen molar-refractivity contribution in [3.05, 3.63) is 170 Å². The molecule has 0 amide bonds. The first-order valence-corrected chi connectivity index (χ1v) is 20.3. The van der Waals surface area contributed by atoms with Gasteiger partial charge in [-0.1, -0.05) is 171 Å². The summed E-state index contributed by atoms with van der Waals surface area (Å²) in [5, 5.41) is 13.5. The molecule has 49 heavy (non-hydrogen) atoms. The molecule has 9 aromatic rings. The molecule has 0 saturated carbocycles. The van der Waals surface area contributed by atoms with Crippen molar-refractivity contribution in [3.63, 3.8) is 0 Å². The molecule has 0 aromatic heterocycles. The summed E-state index contributed by atoms with van der Waals surface area (Å²) in [5.74, 6) is 0. The third kappa shape index (κ3) is 4.16. The van der Waals surface area contributed by atoms with Crippen LogP contribution in [0, 0.1) is 0 Å². The summed E-state index contributed by atoms with van der Waals surface area (Å²) in [5.41, 5.74) is 10.6. The number of hydrogen-bond acceptors (Lipinski definition) is 0. The minimum atomic E-state index is -2.03. The molecule has 0 unspecified atom stereocenters. The largest absolute Gasteiger partial charge is 0.113 e. The summed E-state index contributed by atoms with van der Waals surface area (Å²) in [6.07, 6.45) is 0. The van der Waals surface area contributed by atoms with Gasteiger partial charge in [0.05, 0.1) is 0 Å². The average Bonchev–Trinajstić information content (AvgIpc) is 3.38. The Morgan fingerprint density at radius 3 is 1.59 bits per heavy atom. The second-order valence-corrected chi connectivity index (χ2v) is 18.4. The minimum Gasteiger partial charge on any atom is -0.0622 e. The molecule has 0 atom stereocenters. The van der Waals surface area contributed by atoms with Gasteiger partial charge in [0, 0.05) is 0 Å². The van der Waals surface area contributed by atoms with Crippen LogP contribution < -0.4 is 10.4 Å². The van der Waals surface area contributed by atoms with Gasteiger partial charge in [0.25, 0.3) is 0 Å². The van der Waals surface area contributed by atoms with Crippen molar-refractivity contribution in [2.24, 2.45) is 0 Å². The van der Waals surface area contributed by atoms with Gasteiger partial charge in [0.2, 0.25) is 0 Å². The third-order valence-electron chi connectivity index (χ3n) is 11.0. The van der Waals surface area contributed by atoms with Crippen molar-refractivity contribution in [2.75, 3.05) is 0 Å². The Labute approximate surface area is 287 Å². The molecule has 1 aliphatic rings. The van der Waals surface area contributed by atoms with Gasteiger partial charge in [0.15, 0.2) is 0 Å². The van der Waals surface area contributed by atoms with E-state index in [1.807, 2.05) is 0 Å². The fraction of sp³-hybridized carbons (Fsp3) is 0.0417. The van der Waals surface area contributed by atoms with E-state index in [0.29, 0.717) is 0 Å². The lowest BCUT2D eigenvalue weighted by atomic mass is 9.83. The van der Waals surface area contributed by atoms with Gasteiger partial charge in [-0.3, -0.25) is 0 Å². The SMILES string of the molecule is C[Si]1(C)c2cc(-c3ccccc3)ccc2-c2cc3c(-c4cc5ccccc5c5ccccc45)c4ccccc4c(-c4ccccc4)c3cc21. The monoisotopic (exact) mass is 638 g/mol. The van der Waals surface area contributed by atoms with Gasteiger partial charge in [-0.15, -0.1) is 0 Å². The fourth-order valence-corrected chi connectivity index (χ4v) is 11.8. The van der Waals surface area contributed by atoms with Gasteiger partial charge in [-0.25, -0.2) is 0 Å². The Morgan fingerprint density at radius 1 is 0.306 bits per heavy atom. The van der Waals surface area contributed by atoms with Crippen LogP contribution in [0.15, 0.2) is 170 Å². The van der Waals surface area contributed by atoms with Crippen LogP contribution in [0.1, 0.15) is 0 Å². The molecule has 0 N–H and O–H groups in total. The van der Waals surface area contributed by atoms with Crippen molar-refractivity contribution in [3.8, 4) is 44.5 Å². The smallest absolute Gasteiger partial charge is 0.0622 e. The van der Waals surface area contributed by atoms with Gasteiger partial charge in [0.1, 0.15) is 8.07 Å². The summed E-state index contributed by atoms with van der Waals surface area (Å²) >= 11 is 0. The Hall–Kier alpha value is -5.76. The fourth-order valence-electron chi connectivity index (χ4n) is 8.68. The lowest BCUT2D eigenvalue weighted by Gasteiger charge is -2.23. The number of hydrogen-bond donors (Lipinski definition) is 0. The molecule has 0 radical (unpaired) electrons. The molecule has 0 nitrogen and oxygen atoms in total. The van der Waals surface area contributed by atoms with Gasteiger partial charge < -0.3 is 0 Å². The van der Waals surface area contributed by atoms with E-state index in [9.17, 15) is 0 Å². The van der Waals surface area contributed by atoms with E-state index in [-0.39, 0.29) is 0 Å². The number of benzene rings is 9. The van der Waals surface area contributed by atoms with Crippen molar-refractivity contribution >= 4 is 61.5 Å². The molecular formula is C48H34Si. The standard InChI is InChI=1S/C48H34Si/c1-49(2)45-28-33(31-15-5-3-6-16-31)25-26-38(45)41-29-43-44(30-46(41)49)47(32-17-7-4-8-18-32)39-23-13-14-24-40(39)48(43)42-27-34-19-9-10-20-35(34)36-21-11-12-22-37(36)42/h3-30H,1-2H3. The molecule has 10 rings (SSSR count). The maximum absolute atomic E-state index is 2.60. The first-order chi connectivity index (χ1) is 24.1. The van der Waals surface area contributed by atoms with Crippen LogP contribution in [0.3, 0.4) is 0 Å². The molecule has 0 bridgehead atoms. The number of fused-ring (bicyclic) bond motifs is 8. The van der Waals surface area contributed by atoms with Crippen LogP contribution in [-0.2, 0) is 0 Å². The van der Waals surface area contributed by atoms with Crippen LogP contribution >= 0.6 is 0 Å². The molecule has 0 aliphatic carbocycles. The van der Waals surface area contributed by atoms with E-state index in [2.05, 4.69) is 183 Å². The van der Waals surface area contributed by atoms with Crippen molar-refractivity contribution in [1.29, 1.82) is 0 Å². The average molecular weight is 639 g/mol. The van der Waals surface area contributed by atoms with Crippen molar-refractivity contribution in [1.82, 2.24) is 0 Å². The molecular weight excluding hydrogens is 605 g/mol. The second-order valence-electron chi connectivity index (χ2n) is 14.0. The van der Waals surface area contributed by atoms with E-state index in [1.165, 1.54) is 98.0 Å². The third-order valence-corrected chi connectivity index (χ3v) is 14.5. The molecule has 0 fully saturated rings. The van der Waals surface area contributed by atoms with Crippen LogP contribution in [0.25, 0.3) is 87.6 Å². The zero-order chi connectivity index (χ0) is 32.7. The Kier molecular flexibility index (Phi) is 6.13.